The molecular weight excluding hydrogens is 417 g/mol. The Labute approximate surface area is 185 Å². The number of carbonyl (C=O) groups is 2. The minimum atomic E-state index is -0.722. The molecular formula is C24H24FNO6. The number of hydrogen-bond acceptors (Lipinski definition) is 6. The molecule has 3 aromatic rings. The van der Waals surface area contributed by atoms with Crippen LogP contribution in [0.2, 0.25) is 0 Å². The predicted molar refractivity (Wildman–Crippen MR) is 116 cm³/mol. The van der Waals surface area contributed by atoms with E-state index in [9.17, 15) is 14.0 Å². The first-order valence-corrected chi connectivity index (χ1v) is 9.76. The van der Waals surface area contributed by atoms with Gasteiger partial charge in [0.1, 0.15) is 5.82 Å². The van der Waals surface area contributed by atoms with Gasteiger partial charge in [-0.1, -0.05) is 12.1 Å². The van der Waals surface area contributed by atoms with E-state index in [-0.39, 0.29) is 5.56 Å². The summed E-state index contributed by atoms with van der Waals surface area (Å²) < 4.78 is 36.8. The van der Waals surface area contributed by atoms with Crippen LogP contribution in [0.5, 0.6) is 17.2 Å². The number of halogens is 1. The molecule has 0 atom stereocenters. The van der Waals surface area contributed by atoms with Gasteiger partial charge in [-0.05, 0) is 44.2 Å². The van der Waals surface area contributed by atoms with Crippen molar-refractivity contribution >= 4 is 11.8 Å². The van der Waals surface area contributed by atoms with E-state index in [2.05, 4.69) is 0 Å². The molecule has 1 aromatic heterocycles. The summed E-state index contributed by atoms with van der Waals surface area (Å²) in [5.41, 5.74) is 2.08. The largest absolute Gasteiger partial charge is 0.493 e. The number of rotatable bonds is 8. The van der Waals surface area contributed by atoms with Crippen molar-refractivity contribution in [2.24, 2.45) is 0 Å². The molecule has 168 valence electrons. The Kier molecular flexibility index (Phi) is 6.82. The smallest absolute Gasteiger partial charge is 0.338 e. The van der Waals surface area contributed by atoms with Gasteiger partial charge >= 0.3 is 5.97 Å². The Bertz CT molecular complexity index is 1140. The number of ether oxygens (including phenoxy) is 4. The molecule has 0 radical (unpaired) electrons. The average Bonchev–Trinajstić information content (AvgIpc) is 3.10. The third-order valence-electron chi connectivity index (χ3n) is 5.06. The Balaban J connectivity index is 1.80. The molecule has 0 aliphatic heterocycles. The molecule has 0 spiro atoms. The molecule has 0 saturated heterocycles. The van der Waals surface area contributed by atoms with E-state index in [1.54, 1.807) is 42.7 Å². The number of carbonyl (C=O) groups excluding carboxylic acids is 2. The lowest BCUT2D eigenvalue weighted by Crippen LogP contribution is -2.15. The van der Waals surface area contributed by atoms with Gasteiger partial charge in [-0.25, -0.2) is 9.18 Å². The zero-order chi connectivity index (χ0) is 23.4. The molecule has 3 rings (SSSR count). The molecule has 0 aliphatic carbocycles. The molecule has 0 fully saturated rings. The Morgan fingerprint density at radius 1 is 0.938 bits per heavy atom. The van der Waals surface area contributed by atoms with Crippen molar-refractivity contribution in [3.8, 4) is 22.9 Å². The normalized spacial score (nSPS) is 10.6. The highest BCUT2D eigenvalue weighted by molar-refractivity contribution is 6.00. The van der Waals surface area contributed by atoms with Crippen LogP contribution >= 0.6 is 0 Å². The van der Waals surface area contributed by atoms with Crippen LogP contribution in [0.25, 0.3) is 5.69 Å². The fourth-order valence-corrected chi connectivity index (χ4v) is 3.54. The number of hydrogen-bond donors (Lipinski definition) is 0. The van der Waals surface area contributed by atoms with Crippen molar-refractivity contribution in [1.82, 2.24) is 4.57 Å². The summed E-state index contributed by atoms with van der Waals surface area (Å²) in [5.74, 6) is -0.607. The van der Waals surface area contributed by atoms with Gasteiger partial charge in [-0.2, -0.15) is 0 Å². The van der Waals surface area contributed by atoms with Crippen LogP contribution < -0.4 is 14.2 Å². The number of methoxy groups -OCH3 is 3. The summed E-state index contributed by atoms with van der Waals surface area (Å²) in [5, 5.41) is 0. The van der Waals surface area contributed by atoms with E-state index >= 15 is 0 Å². The molecule has 0 aliphatic rings. The lowest BCUT2D eigenvalue weighted by Gasteiger charge is -2.13. The Hall–Kier alpha value is -3.81. The third kappa shape index (κ3) is 4.30. The quantitative estimate of drug-likeness (QED) is 0.383. The molecule has 0 saturated carbocycles. The summed E-state index contributed by atoms with van der Waals surface area (Å²) in [6.07, 6.45) is 0. The fraction of sp³-hybridized carbons (Fsp3) is 0.250. The monoisotopic (exact) mass is 441 g/mol. The number of para-hydroxylation sites is 1. The van der Waals surface area contributed by atoms with E-state index < -0.39 is 24.2 Å². The maximum atomic E-state index is 14.3. The molecule has 8 heteroatoms. The number of ketones is 1. The highest BCUT2D eigenvalue weighted by Gasteiger charge is 2.22. The zero-order valence-electron chi connectivity index (χ0n) is 18.5. The molecule has 0 unspecified atom stereocenters. The second kappa shape index (κ2) is 9.55. The lowest BCUT2D eigenvalue weighted by atomic mass is 10.1. The topological polar surface area (TPSA) is 76.0 Å². The van der Waals surface area contributed by atoms with E-state index in [4.69, 9.17) is 18.9 Å². The van der Waals surface area contributed by atoms with Crippen molar-refractivity contribution < 1.29 is 32.9 Å². The highest BCUT2D eigenvalue weighted by Crippen LogP contribution is 2.38. The van der Waals surface area contributed by atoms with Crippen LogP contribution in [-0.4, -0.2) is 44.3 Å². The highest BCUT2D eigenvalue weighted by atomic mass is 19.1. The molecule has 1 heterocycles. The van der Waals surface area contributed by atoms with E-state index in [0.29, 0.717) is 39.9 Å². The molecule has 0 amide bonds. The predicted octanol–water partition coefficient (Wildman–Crippen LogP) is 4.30. The first kappa shape index (κ1) is 22.9. The SMILES string of the molecule is COc1cc(C(=O)OCC(=O)c2cc(C)n(-c3ccccc3F)c2C)cc(OC)c1OC. The van der Waals surface area contributed by atoms with Crippen molar-refractivity contribution in [1.29, 1.82) is 0 Å². The summed E-state index contributed by atoms with van der Waals surface area (Å²) in [4.78, 5) is 25.3. The van der Waals surface area contributed by atoms with Crippen molar-refractivity contribution in [2.45, 2.75) is 13.8 Å². The van der Waals surface area contributed by atoms with Crippen molar-refractivity contribution in [2.75, 3.05) is 27.9 Å². The number of aromatic nitrogens is 1. The maximum absolute atomic E-state index is 14.3. The Morgan fingerprint density at radius 3 is 2.12 bits per heavy atom. The van der Waals surface area contributed by atoms with Crippen LogP contribution in [-0.2, 0) is 4.74 Å². The molecule has 0 bridgehead atoms. The molecule has 7 nitrogen and oxygen atoms in total. The van der Waals surface area contributed by atoms with Gasteiger partial charge in [0.2, 0.25) is 11.5 Å². The summed E-state index contributed by atoms with van der Waals surface area (Å²) in [7, 11) is 4.32. The number of benzene rings is 2. The molecule has 32 heavy (non-hydrogen) atoms. The Morgan fingerprint density at radius 2 is 1.56 bits per heavy atom. The number of aryl methyl sites for hydroxylation is 1. The lowest BCUT2D eigenvalue weighted by molar-refractivity contribution is 0.0474. The van der Waals surface area contributed by atoms with E-state index in [0.717, 1.165) is 0 Å². The second-order valence-corrected chi connectivity index (χ2v) is 6.98. The summed E-state index contributed by atoms with van der Waals surface area (Å²) in [6, 6.07) is 10.8. The number of esters is 1. The van der Waals surface area contributed by atoms with Gasteiger partial charge < -0.3 is 23.5 Å². The summed E-state index contributed by atoms with van der Waals surface area (Å²) in [6.45, 7) is 3.02. The van der Waals surface area contributed by atoms with Gasteiger partial charge in [0, 0.05) is 17.0 Å². The average molecular weight is 441 g/mol. The van der Waals surface area contributed by atoms with Crippen molar-refractivity contribution in [3.05, 3.63) is 70.8 Å². The van der Waals surface area contributed by atoms with E-state index in [1.807, 2.05) is 0 Å². The van der Waals surface area contributed by atoms with Crippen molar-refractivity contribution in [3.63, 3.8) is 0 Å². The molecule has 0 N–H and O–H groups in total. The zero-order valence-corrected chi connectivity index (χ0v) is 18.5. The van der Waals surface area contributed by atoms with Crippen LogP contribution in [0.4, 0.5) is 4.39 Å². The molecule has 2 aromatic carbocycles. The van der Waals surface area contributed by atoms with Gasteiger partial charge in [0.15, 0.2) is 18.1 Å². The first-order chi connectivity index (χ1) is 15.3. The van der Waals surface area contributed by atoms with Gasteiger partial charge in [-0.3, -0.25) is 4.79 Å². The van der Waals surface area contributed by atoms with Crippen LogP contribution in [0, 0.1) is 19.7 Å². The van der Waals surface area contributed by atoms with Crippen LogP contribution in [0.3, 0.4) is 0 Å². The van der Waals surface area contributed by atoms with E-state index in [1.165, 1.54) is 39.5 Å². The summed E-state index contributed by atoms with van der Waals surface area (Å²) >= 11 is 0. The van der Waals surface area contributed by atoms with Gasteiger partial charge in [0.05, 0.1) is 32.6 Å². The standard InChI is InChI=1S/C24H24FNO6/c1-14-10-17(15(2)26(14)19-9-7-6-8-18(19)25)20(27)13-32-24(28)16-11-21(29-3)23(31-5)22(12-16)30-4/h6-12H,13H2,1-5H3. The van der Waals surface area contributed by atoms with Crippen LogP contribution in [0.15, 0.2) is 42.5 Å². The third-order valence-corrected chi connectivity index (χ3v) is 5.06. The maximum Gasteiger partial charge on any atom is 0.338 e. The van der Waals surface area contributed by atoms with Gasteiger partial charge in [-0.15, -0.1) is 0 Å². The van der Waals surface area contributed by atoms with Gasteiger partial charge in [0.25, 0.3) is 0 Å². The first-order valence-electron chi connectivity index (χ1n) is 9.76. The number of Topliss-reactive ketones (excluding diaryl/α,β-unsaturated/α-hetero) is 1. The second-order valence-electron chi connectivity index (χ2n) is 6.98. The minimum Gasteiger partial charge on any atom is -0.493 e. The number of nitrogens with zero attached hydrogens (tertiary/aromatic N) is 1. The minimum absolute atomic E-state index is 0.143. The van der Waals surface area contributed by atoms with Crippen LogP contribution in [0.1, 0.15) is 32.1 Å². The fourth-order valence-electron chi connectivity index (χ4n) is 3.54.